The maximum Gasteiger partial charge on any atom is 0.265 e. The molecule has 0 atom stereocenters. The lowest BCUT2D eigenvalue weighted by molar-refractivity contribution is 0.616. The van der Waals surface area contributed by atoms with Gasteiger partial charge in [0.05, 0.1) is 10.6 Å². The molecule has 17 heavy (non-hydrogen) atoms. The lowest BCUT2D eigenvalue weighted by Crippen LogP contribution is -2.37. The van der Waals surface area contributed by atoms with E-state index >= 15 is 0 Å². The van der Waals surface area contributed by atoms with E-state index in [2.05, 4.69) is 15.0 Å². The Balaban J connectivity index is 2.45. The summed E-state index contributed by atoms with van der Waals surface area (Å²) in [5.41, 5.74) is 0.619. The number of benzene rings is 1. The van der Waals surface area contributed by atoms with E-state index in [-0.39, 0.29) is 9.49 Å². The van der Waals surface area contributed by atoms with Gasteiger partial charge in [-0.3, -0.25) is 0 Å². The van der Waals surface area contributed by atoms with E-state index < -0.39 is 9.84 Å². The number of hydrogen-bond donors (Lipinski definition) is 2. The van der Waals surface area contributed by atoms with Crippen LogP contribution in [-0.2, 0) is 9.84 Å². The summed E-state index contributed by atoms with van der Waals surface area (Å²) in [5.74, 6) is 0. The lowest BCUT2D eigenvalue weighted by atomic mass is 10.3. The molecule has 0 radical (unpaired) electrons. The predicted octanol–water partition coefficient (Wildman–Crippen LogP) is 1.20. The van der Waals surface area contributed by atoms with Gasteiger partial charge in [-0.05, 0) is 36.3 Å². The van der Waals surface area contributed by atoms with Crippen molar-refractivity contribution >= 4 is 49.2 Å². The average Bonchev–Trinajstić information content (AvgIpc) is 2.37. The number of sulfone groups is 1. The van der Waals surface area contributed by atoms with Crippen LogP contribution in [0.3, 0.4) is 0 Å². The van der Waals surface area contributed by atoms with Crippen LogP contribution in [0.4, 0.5) is 5.69 Å². The highest BCUT2D eigenvalue weighted by Gasteiger charge is 2.27. The first-order valence-corrected chi connectivity index (χ1v) is 7.34. The van der Waals surface area contributed by atoms with Crippen LogP contribution >= 0.6 is 24.2 Å². The van der Waals surface area contributed by atoms with Crippen LogP contribution in [0.2, 0.25) is 0 Å². The fraction of sp³-hybridized carbons (Fsp3) is 0.111. The molecular weight excluding hydrogens is 278 g/mol. The van der Waals surface area contributed by atoms with Gasteiger partial charge in [-0.2, -0.15) is 0 Å². The van der Waals surface area contributed by atoms with Gasteiger partial charge in [-0.1, -0.05) is 12.1 Å². The third-order valence-corrected chi connectivity index (χ3v) is 5.29. The van der Waals surface area contributed by atoms with Crippen molar-refractivity contribution in [3.63, 3.8) is 0 Å². The van der Waals surface area contributed by atoms with Crippen molar-refractivity contribution in [3.8, 4) is 0 Å². The maximum atomic E-state index is 11.9. The molecule has 0 saturated carbocycles. The highest BCUT2D eigenvalue weighted by Crippen LogP contribution is 2.31. The van der Waals surface area contributed by atoms with Crippen molar-refractivity contribution in [3.05, 3.63) is 24.3 Å². The topological polar surface area (TPSA) is 70.6 Å². The van der Waals surface area contributed by atoms with Gasteiger partial charge in [-0.15, -0.1) is 0 Å². The monoisotopic (exact) mass is 287 g/mol. The number of rotatable bonds is 0. The zero-order valence-electron chi connectivity index (χ0n) is 8.80. The molecule has 0 amide bonds. The number of nitrogens with one attached hydrogen (secondary N) is 2. The van der Waals surface area contributed by atoms with Crippen molar-refractivity contribution in [2.24, 2.45) is 4.99 Å². The van der Waals surface area contributed by atoms with Crippen molar-refractivity contribution in [2.75, 3.05) is 7.05 Å². The SMILES string of the molecule is CNC(=S)S(=O)(=O)C1=Nc2ccccc2SN1. The van der Waals surface area contributed by atoms with Gasteiger partial charge < -0.3 is 10.0 Å². The van der Waals surface area contributed by atoms with Crippen LogP contribution in [0.1, 0.15) is 0 Å². The lowest BCUT2D eigenvalue weighted by Gasteiger charge is -2.16. The largest absolute Gasteiger partial charge is 0.370 e. The van der Waals surface area contributed by atoms with Gasteiger partial charge >= 0.3 is 0 Å². The molecule has 1 aliphatic rings. The molecule has 0 fully saturated rings. The smallest absolute Gasteiger partial charge is 0.265 e. The van der Waals surface area contributed by atoms with Crippen LogP contribution in [0.5, 0.6) is 0 Å². The van der Waals surface area contributed by atoms with Gasteiger partial charge in [0.1, 0.15) is 0 Å². The fourth-order valence-corrected chi connectivity index (χ4v) is 3.28. The molecule has 1 aromatic carbocycles. The molecule has 0 spiro atoms. The van der Waals surface area contributed by atoms with Crippen LogP contribution < -0.4 is 10.0 Å². The summed E-state index contributed by atoms with van der Waals surface area (Å²) in [4.78, 5) is 4.93. The number of aliphatic imine (C=N–C) groups is 1. The summed E-state index contributed by atoms with van der Waals surface area (Å²) >= 11 is 5.95. The molecule has 0 saturated heterocycles. The first-order chi connectivity index (χ1) is 8.05. The molecule has 8 heteroatoms. The van der Waals surface area contributed by atoms with Crippen LogP contribution in [0.25, 0.3) is 0 Å². The molecule has 0 bridgehead atoms. The van der Waals surface area contributed by atoms with Crippen molar-refractivity contribution < 1.29 is 8.42 Å². The quantitative estimate of drug-likeness (QED) is 0.552. The van der Waals surface area contributed by atoms with E-state index in [9.17, 15) is 8.42 Å². The molecule has 1 aliphatic heterocycles. The second kappa shape index (κ2) is 4.63. The molecule has 0 aliphatic carbocycles. The molecule has 1 aromatic rings. The Morgan fingerprint density at radius 1 is 1.47 bits per heavy atom. The Morgan fingerprint density at radius 2 is 2.18 bits per heavy atom. The Kier molecular flexibility index (Phi) is 3.36. The van der Waals surface area contributed by atoms with Gasteiger partial charge in [0, 0.05) is 7.05 Å². The number of hydrogen-bond acceptors (Lipinski definition) is 6. The minimum absolute atomic E-state index is 0.138. The normalized spacial score (nSPS) is 14.3. The Bertz CT molecular complexity index is 595. The van der Waals surface area contributed by atoms with Gasteiger partial charge in [0.15, 0.2) is 0 Å². The predicted molar refractivity (Wildman–Crippen MR) is 73.1 cm³/mol. The van der Waals surface area contributed by atoms with Crippen LogP contribution in [0, 0.1) is 0 Å². The Hall–Kier alpha value is -1.12. The number of para-hydroxylation sites is 1. The molecule has 90 valence electrons. The third kappa shape index (κ3) is 2.28. The molecular formula is C9H9N3O2S3. The standard InChI is InChI=1S/C9H9N3O2S3/c1-10-9(15)17(13,14)8-11-6-4-2-3-5-7(6)16-12-8/h2-5H,1H3,(H,10,15)(H,11,12). The molecule has 0 unspecified atom stereocenters. The fourth-order valence-electron chi connectivity index (χ4n) is 1.20. The minimum atomic E-state index is -3.72. The van der Waals surface area contributed by atoms with E-state index in [1.54, 1.807) is 12.1 Å². The van der Waals surface area contributed by atoms with Gasteiger partial charge in [-0.25, -0.2) is 13.4 Å². The van der Waals surface area contributed by atoms with E-state index in [0.29, 0.717) is 5.69 Å². The van der Waals surface area contributed by atoms with Gasteiger partial charge in [0.2, 0.25) is 9.49 Å². The van der Waals surface area contributed by atoms with Crippen molar-refractivity contribution in [2.45, 2.75) is 4.90 Å². The van der Waals surface area contributed by atoms with Crippen LogP contribution in [-0.4, -0.2) is 25.0 Å². The number of fused-ring (bicyclic) bond motifs is 1. The minimum Gasteiger partial charge on any atom is -0.370 e. The van der Waals surface area contributed by atoms with E-state index in [0.717, 1.165) is 4.90 Å². The number of thiocarbonyl (C=S) groups is 1. The zero-order chi connectivity index (χ0) is 12.5. The third-order valence-electron chi connectivity index (χ3n) is 2.04. The second-order valence-corrected chi connectivity index (χ2v) is 6.45. The highest BCUT2D eigenvalue weighted by molar-refractivity contribution is 8.27. The summed E-state index contributed by atoms with van der Waals surface area (Å²) < 4.78 is 26.3. The molecule has 2 rings (SSSR count). The zero-order valence-corrected chi connectivity index (χ0v) is 11.2. The van der Waals surface area contributed by atoms with E-state index in [1.807, 2.05) is 12.1 Å². The molecule has 0 aromatic heterocycles. The number of nitrogens with zero attached hydrogens (tertiary/aromatic N) is 1. The molecule has 1 heterocycles. The van der Waals surface area contributed by atoms with Crippen LogP contribution in [0.15, 0.2) is 34.2 Å². The molecule has 2 N–H and O–H groups in total. The average molecular weight is 287 g/mol. The van der Waals surface area contributed by atoms with Gasteiger partial charge in [0.25, 0.3) is 9.84 Å². The summed E-state index contributed by atoms with van der Waals surface area (Å²) in [5, 5.41) is 2.30. The first-order valence-electron chi connectivity index (χ1n) is 4.63. The number of amidine groups is 1. The summed E-state index contributed by atoms with van der Waals surface area (Å²) in [6.07, 6.45) is 0. The maximum absolute atomic E-state index is 11.9. The molecule has 5 nitrogen and oxygen atoms in total. The van der Waals surface area contributed by atoms with Crippen molar-refractivity contribution in [1.82, 2.24) is 10.0 Å². The van der Waals surface area contributed by atoms with E-state index in [4.69, 9.17) is 12.2 Å². The van der Waals surface area contributed by atoms with Crippen molar-refractivity contribution in [1.29, 1.82) is 0 Å². The Labute approximate surface area is 109 Å². The second-order valence-electron chi connectivity index (χ2n) is 3.13. The van der Waals surface area contributed by atoms with E-state index in [1.165, 1.54) is 19.0 Å². The summed E-state index contributed by atoms with van der Waals surface area (Å²) in [6, 6.07) is 7.27. The highest BCUT2D eigenvalue weighted by atomic mass is 32.2. The summed E-state index contributed by atoms with van der Waals surface area (Å²) in [7, 11) is -2.25. The Morgan fingerprint density at radius 3 is 2.88 bits per heavy atom. The summed E-state index contributed by atoms with van der Waals surface area (Å²) in [6.45, 7) is 0. The first kappa shape index (κ1) is 12.3.